The smallest absolute Gasteiger partial charge is 0.0718 e. The Kier molecular flexibility index (Phi) is 3.26. The topological polar surface area (TPSA) is 40.1 Å². The lowest BCUT2D eigenvalue weighted by Gasteiger charge is -2.07. The van der Waals surface area contributed by atoms with Gasteiger partial charge in [-0.15, -0.1) is 0 Å². The average molecular weight is 175 g/mol. The van der Waals surface area contributed by atoms with Crippen LogP contribution in [0, 0.1) is 0 Å². The summed E-state index contributed by atoms with van der Waals surface area (Å²) in [6.07, 6.45) is 2.35. The van der Waals surface area contributed by atoms with Crippen molar-refractivity contribution in [3.8, 4) is 0 Å². The van der Waals surface area contributed by atoms with Crippen LogP contribution in [0.3, 0.4) is 0 Å². The quantitative estimate of drug-likeness (QED) is 0.648. The molecule has 0 bridgehead atoms. The van der Waals surface area contributed by atoms with Gasteiger partial charge < -0.3 is 9.90 Å². The van der Waals surface area contributed by atoms with Gasteiger partial charge in [0, 0.05) is 5.57 Å². The van der Waals surface area contributed by atoms with Crippen molar-refractivity contribution in [2.75, 3.05) is 0 Å². The number of carbonyl (C=O) groups is 1. The van der Waals surface area contributed by atoms with Gasteiger partial charge in [-0.2, -0.15) is 0 Å². The zero-order chi connectivity index (χ0) is 9.68. The Morgan fingerprint density at radius 1 is 1.38 bits per heavy atom. The molecule has 0 radical (unpaired) electrons. The van der Waals surface area contributed by atoms with E-state index < -0.39 is 5.97 Å². The molecule has 2 nitrogen and oxygen atoms in total. The summed E-state index contributed by atoms with van der Waals surface area (Å²) in [6.45, 7) is 1.89. The molecule has 0 unspecified atom stereocenters. The highest BCUT2D eigenvalue weighted by molar-refractivity contribution is 6.14. The second kappa shape index (κ2) is 4.45. The van der Waals surface area contributed by atoms with Crippen molar-refractivity contribution in [3.05, 3.63) is 42.0 Å². The third-order valence-electron chi connectivity index (χ3n) is 1.71. The average Bonchev–Trinajstić information content (AvgIpc) is 2.15. The maximum absolute atomic E-state index is 10.7. The highest BCUT2D eigenvalue weighted by Crippen LogP contribution is 2.13. The first kappa shape index (κ1) is 9.52. The number of carboxylic acid groups (broad SMARTS) is 1. The summed E-state index contributed by atoms with van der Waals surface area (Å²) in [4.78, 5) is 10.7. The molecule has 0 heterocycles. The van der Waals surface area contributed by atoms with Crippen LogP contribution in [0.15, 0.2) is 36.4 Å². The molecule has 1 rings (SSSR count). The molecule has 0 aliphatic heterocycles. The summed E-state index contributed by atoms with van der Waals surface area (Å²) >= 11 is 0. The second-order valence-corrected chi connectivity index (χ2v) is 2.68. The number of allylic oxidation sites excluding steroid dienone is 1. The molecule has 0 aliphatic carbocycles. The molecular formula is C11H11O2-. The Hall–Kier alpha value is -1.57. The first-order chi connectivity index (χ1) is 6.25. The molecule has 1 aromatic rings. The van der Waals surface area contributed by atoms with E-state index in [0.717, 1.165) is 0 Å². The molecule has 0 N–H and O–H groups in total. The maximum atomic E-state index is 10.7. The normalized spacial score (nSPS) is 11.3. The number of hydrogen-bond donors (Lipinski definition) is 0. The lowest BCUT2D eigenvalue weighted by Crippen LogP contribution is -2.23. The lowest BCUT2D eigenvalue weighted by atomic mass is 10.1. The maximum Gasteiger partial charge on any atom is 0.0718 e. The number of rotatable bonds is 3. The van der Waals surface area contributed by atoms with Crippen molar-refractivity contribution in [2.45, 2.75) is 13.3 Å². The number of aliphatic carboxylic acids is 1. The summed E-state index contributed by atoms with van der Waals surface area (Å²) in [5.74, 6) is -1.12. The Labute approximate surface area is 77.5 Å². The van der Waals surface area contributed by atoms with Gasteiger partial charge in [0.25, 0.3) is 0 Å². The van der Waals surface area contributed by atoms with Crippen LogP contribution in [0.2, 0.25) is 0 Å². The van der Waals surface area contributed by atoms with Crippen molar-refractivity contribution in [2.24, 2.45) is 0 Å². The lowest BCUT2D eigenvalue weighted by molar-refractivity contribution is -0.295. The molecule has 0 atom stereocenters. The number of carbonyl (C=O) groups excluding carboxylic acids is 1. The first-order valence-corrected chi connectivity index (χ1v) is 4.22. The summed E-state index contributed by atoms with van der Waals surface area (Å²) in [5.41, 5.74) is 0.965. The molecule has 0 saturated heterocycles. The fourth-order valence-electron chi connectivity index (χ4n) is 1.14. The van der Waals surface area contributed by atoms with Crippen molar-refractivity contribution < 1.29 is 9.90 Å². The largest absolute Gasteiger partial charge is 0.545 e. The predicted molar refractivity (Wildman–Crippen MR) is 49.7 cm³/mol. The fraction of sp³-hybridized carbons (Fsp3) is 0.182. The molecule has 68 valence electrons. The highest BCUT2D eigenvalue weighted by Gasteiger charge is 1.99. The number of carboxylic acids is 1. The molecule has 13 heavy (non-hydrogen) atoms. The van der Waals surface area contributed by atoms with E-state index in [4.69, 9.17) is 0 Å². The van der Waals surface area contributed by atoms with Gasteiger partial charge in [0.15, 0.2) is 0 Å². The minimum atomic E-state index is -1.12. The molecule has 0 aliphatic rings. The first-order valence-electron chi connectivity index (χ1n) is 4.22. The Morgan fingerprint density at radius 3 is 2.46 bits per heavy atom. The Balaban J connectivity index is 3.03. The van der Waals surface area contributed by atoms with Crippen LogP contribution in [0.1, 0.15) is 18.9 Å². The van der Waals surface area contributed by atoms with Crippen LogP contribution < -0.4 is 5.11 Å². The standard InChI is InChI=1S/C11H12O2/c1-2-6-10(11(12)13)9-7-4-3-5-8-9/h3-8H,2H2,1H3,(H,12,13)/p-1/b10-6-. The summed E-state index contributed by atoms with van der Waals surface area (Å²) in [7, 11) is 0. The van der Waals surface area contributed by atoms with Crippen molar-refractivity contribution in [1.29, 1.82) is 0 Å². The van der Waals surface area contributed by atoms with Crippen LogP contribution in [-0.2, 0) is 4.79 Å². The molecule has 0 spiro atoms. The molecule has 0 aromatic heterocycles. The van der Waals surface area contributed by atoms with Gasteiger partial charge in [0.2, 0.25) is 0 Å². The van der Waals surface area contributed by atoms with Gasteiger partial charge in [-0.1, -0.05) is 43.3 Å². The molecule has 0 amide bonds. The van der Waals surface area contributed by atoms with E-state index in [1.807, 2.05) is 25.1 Å². The minimum absolute atomic E-state index is 0.267. The van der Waals surface area contributed by atoms with E-state index in [9.17, 15) is 9.90 Å². The monoisotopic (exact) mass is 175 g/mol. The van der Waals surface area contributed by atoms with Gasteiger partial charge in [0.05, 0.1) is 5.97 Å². The van der Waals surface area contributed by atoms with Crippen molar-refractivity contribution >= 4 is 11.5 Å². The third kappa shape index (κ3) is 2.44. The van der Waals surface area contributed by atoms with E-state index >= 15 is 0 Å². The van der Waals surface area contributed by atoms with Gasteiger partial charge in [-0.05, 0) is 12.0 Å². The summed E-state index contributed by atoms with van der Waals surface area (Å²) in [6, 6.07) is 8.99. The second-order valence-electron chi connectivity index (χ2n) is 2.68. The Morgan fingerprint density at radius 2 is 2.00 bits per heavy atom. The van der Waals surface area contributed by atoms with E-state index in [0.29, 0.717) is 12.0 Å². The SMILES string of the molecule is CC/C=C(\C(=O)[O-])c1ccccc1. The van der Waals surface area contributed by atoms with Gasteiger partial charge in [0.1, 0.15) is 0 Å². The molecule has 0 saturated carbocycles. The molecule has 1 aromatic carbocycles. The zero-order valence-corrected chi connectivity index (χ0v) is 7.49. The van der Waals surface area contributed by atoms with E-state index in [1.54, 1.807) is 18.2 Å². The highest BCUT2D eigenvalue weighted by atomic mass is 16.4. The van der Waals surface area contributed by atoms with E-state index in [2.05, 4.69) is 0 Å². The fourth-order valence-corrected chi connectivity index (χ4v) is 1.14. The third-order valence-corrected chi connectivity index (χ3v) is 1.71. The van der Waals surface area contributed by atoms with Crippen molar-refractivity contribution in [1.82, 2.24) is 0 Å². The van der Waals surface area contributed by atoms with E-state index in [-0.39, 0.29) is 5.57 Å². The molecule has 2 heteroatoms. The van der Waals surface area contributed by atoms with Gasteiger partial charge in [-0.25, -0.2) is 0 Å². The van der Waals surface area contributed by atoms with Crippen LogP contribution in [0.25, 0.3) is 5.57 Å². The van der Waals surface area contributed by atoms with Crippen molar-refractivity contribution in [3.63, 3.8) is 0 Å². The van der Waals surface area contributed by atoms with Crippen LogP contribution >= 0.6 is 0 Å². The van der Waals surface area contributed by atoms with Crippen LogP contribution in [-0.4, -0.2) is 5.97 Å². The van der Waals surface area contributed by atoms with Crippen LogP contribution in [0.5, 0.6) is 0 Å². The summed E-state index contributed by atoms with van der Waals surface area (Å²) in [5, 5.41) is 10.7. The Bertz CT molecular complexity index is 312. The zero-order valence-electron chi connectivity index (χ0n) is 7.49. The van der Waals surface area contributed by atoms with Gasteiger partial charge in [-0.3, -0.25) is 0 Å². The molecular weight excluding hydrogens is 164 g/mol. The molecule has 0 fully saturated rings. The van der Waals surface area contributed by atoms with Crippen LogP contribution in [0.4, 0.5) is 0 Å². The summed E-state index contributed by atoms with van der Waals surface area (Å²) < 4.78 is 0. The number of hydrogen-bond acceptors (Lipinski definition) is 2. The predicted octanol–water partition coefficient (Wildman–Crippen LogP) is 1.23. The van der Waals surface area contributed by atoms with E-state index in [1.165, 1.54) is 0 Å². The minimum Gasteiger partial charge on any atom is -0.545 e. The number of benzene rings is 1. The van der Waals surface area contributed by atoms with Gasteiger partial charge >= 0.3 is 0 Å².